The van der Waals surface area contributed by atoms with Crippen molar-refractivity contribution in [1.82, 2.24) is 0 Å². The molecule has 0 aromatic rings. The van der Waals surface area contributed by atoms with E-state index in [1.165, 1.54) is 0 Å². The van der Waals surface area contributed by atoms with Gasteiger partial charge in [-0.05, 0) is 25.1 Å². The fraction of sp³-hybridized carbons (Fsp3) is 0.800. The zero-order chi connectivity index (χ0) is 17.2. The number of nitrogens with zero attached hydrogens (tertiary/aromatic N) is 1. The Kier molecular flexibility index (Phi) is 10.6. The normalized spacial score (nSPS) is 12.6. The molecule has 0 aromatic heterocycles. The smallest absolute Gasteiger partial charge is 0.320 e. The molecule has 0 spiro atoms. The van der Waals surface area contributed by atoms with Crippen molar-refractivity contribution in [2.24, 2.45) is 5.92 Å². The van der Waals surface area contributed by atoms with Crippen molar-refractivity contribution in [3.8, 4) is 0 Å². The van der Waals surface area contributed by atoms with Crippen LogP contribution in [0.25, 0.3) is 0 Å². The van der Waals surface area contributed by atoms with Gasteiger partial charge in [-0.25, -0.2) is 3.89 Å². The van der Waals surface area contributed by atoms with Gasteiger partial charge < -0.3 is 9.47 Å². The molecule has 0 N–H and O–H groups in total. The summed E-state index contributed by atoms with van der Waals surface area (Å²) in [6, 6.07) is 0. The summed E-state index contributed by atoms with van der Waals surface area (Å²) in [5.41, 5.74) is 0. The number of ether oxygens (including phenoxy) is 2. The van der Waals surface area contributed by atoms with Crippen LogP contribution in [0.4, 0.5) is 0 Å². The maximum atomic E-state index is 12.2. The Morgan fingerprint density at radius 1 is 1.09 bits per heavy atom. The van der Waals surface area contributed by atoms with Gasteiger partial charge in [0.05, 0.1) is 46.5 Å². The third-order valence-electron chi connectivity index (χ3n) is 3.00. The van der Waals surface area contributed by atoms with Gasteiger partial charge in [0.15, 0.2) is 10.9 Å². The van der Waals surface area contributed by atoms with Gasteiger partial charge in [-0.1, -0.05) is 26.7 Å². The van der Waals surface area contributed by atoms with Crippen molar-refractivity contribution in [1.29, 1.82) is 0 Å². The molecule has 128 valence electrons. The molecule has 0 fully saturated rings. The predicted molar refractivity (Wildman–Crippen MR) is 93.5 cm³/mol. The number of thiol groups is 1. The monoisotopic (exact) mass is 350 g/mol. The second-order valence-corrected chi connectivity index (χ2v) is 7.00. The molecule has 0 rings (SSSR count). The molecular formula is C15H28NO4S2+. The van der Waals surface area contributed by atoms with Gasteiger partial charge in [0.2, 0.25) is 0 Å². The summed E-state index contributed by atoms with van der Waals surface area (Å²) < 4.78 is 10.3. The Morgan fingerprint density at radius 2 is 1.59 bits per heavy atom. The summed E-state index contributed by atoms with van der Waals surface area (Å²) in [5, 5.41) is 0. The fourth-order valence-electron chi connectivity index (χ4n) is 1.63. The van der Waals surface area contributed by atoms with Gasteiger partial charge in [0.25, 0.3) is 0 Å². The molecule has 0 aliphatic rings. The van der Waals surface area contributed by atoms with Crippen LogP contribution in [0.15, 0.2) is 0 Å². The highest BCUT2D eigenvalue weighted by atomic mass is 32.1. The largest absolute Gasteiger partial charge is 0.466 e. The van der Waals surface area contributed by atoms with Crippen LogP contribution >= 0.6 is 25.0 Å². The van der Waals surface area contributed by atoms with Gasteiger partial charge in [0.1, 0.15) is 0 Å². The zero-order valence-electron chi connectivity index (χ0n) is 14.0. The Bertz CT molecular complexity index is 380. The minimum Gasteiger partial charge on any atom is -0.466 e. The highest BCUT2D eigenvalue weighted by Crippen LogP contribution is 2.19. The molecule has 5 nitrogen and oxygen atoms in total. The number of carbonyl (C=O) groups is 2. The van der Waals surface area contributed by atoms with Crippen LogP contribution in [-0.4, -0.2) is 48.1 Å². The molecule has 0 bridgehead atoms. The number of unbranched alkanes of at least 4 members (excludes halogenated alkanes) is 2. The van der Waals surface area contributed by atoms with Crippen molar-refractivity contribution in [3.05, 3.63) is 0 Å². The molecule has 0 saturated heterocycles. The van der Waals surface area contributed by atoms with Crippen LogP contribution in [-0.2, 0) is 19.1 Å². The third kappa shape index (κ3) is 8.70. The molecule has 7 heteroatoms. The Balaban J connectivity index is 4.75. The summed E-state index contributed by atoms with van der Waals surface area (Å²) in [5.74, 6) is -1.73. The van der Waals surface area contributed by atoms with Crippen molar-refractivity contribution in [2.45, 2.75) is 46.0 Å². The van der Waals surface area contributed by atoms with E-state index in [-0.39, 0.29) is 10.3 Å². The van der Waals surface area contributed by atoms with E-state index < -0.39 is 17.9 Å². The van der Waals surface area contributed by atoms with Crippen LogP contribution in [0.2, 0.25) is 0 Å². The van der Waals surface area contributed by atoms with Gasteiger partial charge >= 0.3 is 11.9 Å². The van der Waals surface area contributed by atoms with Gasteiger partial charge in [-0.2, -0.15) is 0 Å². The molecule has 0 saturated carbocycles. The van der Waals surface area contributed by atoms with E-state index in [4.69, 9.17) is 21.7 Å². The Hall–Kier alpha value is -0.660. The van der Waals surface area contributed by atoms with Gasteiger partial charge in [0, 0.05) is 0 Å². The SMILES string of the molecule is CCCCOC(=O)CC(C(=O)OCCCC)C(=S)[N+](C)(C)S. The molecule has 22 heavy (non-hydrogen) atoms. The van der Waals surface area contributed by atoms with E-state index >= 15 is 0 Å². The van der Waals surface area contributed by atoms with Gasteiger partial charge in [-0.3, -0.25) is 9.59 Å². The summed E-state index contributed by atoms with van der Waals surface area (Å²) in [4.78, 5) is 24.4. The molecule has 0 heterocycles. The molecule has 0 radical (unpaired) electrons. The topological polar surface area (TPSA) is 52.6 Å². The number of rotatable bonds is 10. The first-order valence-electron chi connectivity index (χ1n) is 7.67. The molecule has 1 unspecified atom stereocenters. The average molecular weight is 351 g/mol. The number of quaternary nitrogens is 1. The minimum absolute atomic E-state index is 0.0190. The molecule has 0 aliphatic heterocycles. The summed E-state index contributed by atoms with van der Waals surface area (Å²) in [6.45, 7) is 4.71. The lowest BCUT2D eigenvalue weighted by Gasteiger charge is -2.25. The summed E-state index contributed by atoms with van der Waals surface area (Å²) in [6.07, 6.45) is 3.35. The number of thiocarbonyl (C=S) groups is 1. The van der Waals surface area contributed by atoms with Crippen molar-refractivity contribution in [2.75, 3.05) is 27.3 Å². The predicted octanol–water partition coefficient (Wildman–Crippen LogP) is 2.93. The van der Waals surface area contributed by atoms with E-state index in [9.17, 15) is 9.59 Å². The number of esters is 2. The molecule has 0 aromatic carbocycles. The van der Waals surface area contributed by atoms with Crippen molar-refractivity contribution in [3.63, 3.8) is 0 Å². The highest BCUT2D eigenvalue weighted by Gasteiger charge is 2.37. The summed E-state index contributed by atoms with van der Waals surface area (Å²) in [7, 11) is 3.47. The van der Waals surface area contributed by atoms with E-state index in [0.717, 1.165) is 25.7 Å². The van der Waals surface area contributed by atoms with Crippen LogP contribution in [0.3, 0.4) is 0 Å². The minimum atomic E-state index is -0.812. The van der Waals surface area contributed by atoms with E-state index in [0.29, 0.717) is 18.2 Å². The number of carbonyl (C=O) groups excluding carboxylic acids is 2. The van der Waals surface area contributed by atoms with Crippen molar-refractivity contribution < 1.29 is 23.0 Å². The zero-order valence-corrected chi connectivity index (χ0v) is 15.7. The molecule has 1 atom stereocenters. The third-order valence-corrected chi connectivity index (χ3v) is 4.09. The van der Waals surface area contributed by atoms with E-state index in [1.54, 1.807) is 14.1 Å². The quantitative estimate of drug-likeness (QED) is 0.216. The van der Waals surface area contributed by atoms with Gasteiger partial charge in [-0.15, -0.1) is 0 Å². The first-order chi connectivity index (χ1) is 10.2. The summed E-state index contributed by atoms with van der Waals surface area (Å²) >= 11 is 9.65. The lowest BCUT2D eigenvalue weighted by molar-refractivity contribution is -0.642. The molecule has 0 amide bonds. The fourth-order valence-corrected chi connectivity index (χ4v) is 1.95. The van der Waals surface area contributed by atoms with Crippen LogP contribution in [0.1, 0.15) is 46.0 Å². The number of hydrogen-bond acceptors (Lipinski definition) is 6. The molecule has 0 aliphatic carbocycles. The van der Waals surface area contributed by atoms with Crippen LogP contribution in [0.5, 0.6) is 0 Å². The standard InChI is InChI=1S/C15H28NO4S2/c1-5-7-9-19-13(17)11-12(14(21)16(3,4)22)15(18)20-10-8-6-2/h12,22H,5-11H2,1-4H3/q+1. The second kappa shape index (κ2) is 11.0. The highest BCUT2D eigenvalue weighted by molar-refractivity contribution is 7.82. The first kappa shape index (κ1) is 21.3. The lowest BCUT2D eigenvalue weighted by atomic mass is 10.1. The maximum absolute atomic E-state index is 12.2. The number of hydrogen-bond donors (Lipinski definition) is 1. The first-order valence-corrected chi connectivity index (χ1v) is 8.48. The second-order valence-electron chi connectivity index (χ2n) is 5.58. The van der Waals surface area contributed by atoms with Crippen molar-refractivity contribution >= 4 is 42.0 Å². The van der Waals surface area contributed by atoms with E-state index in [1.807, 2.05) is 13.8 Å². The molecular weight excluding hydrogens is 322 g/mol. The van der Waals surface area contributed by atoms with Crippen LogP contribution in [0, 0.1) is 5.92 Å². The van der Waals surface area contributed by atoms with E-state index in [2.05, 4.69) is 12.8 Å². The average Bonchev–Trinajstić information content (AvgIpc) is 2.43. The Labute approximate surface area is 144 Å². The Morgan fingerprint density at radius 3 is 2.05 bits per heavy atom. The maximum Gasteiger partial charge on any atom is 0.320 e. The lowest BCUT2D eigenvalue weighted by Crippen LogP contribution is -2.43. The van der Waals surface area contributed by atoms with Crippen LogP contribution < -0.4 is 0 Å².